The summed E-state index contributed by atoms with van der Waals surface area (Å²) in [6.45, 7) is 6.53. The van der Waals surface area contributed by atoms with E-state index < -0.39 is 0 Å². The van der Waals surface area contributed by atoms with Crippen molar-refractivity contribution in [1.29, 1.82) is 0 Å². The average Bonchev–Trinajstić information content (AvgIpc) is 3.11. The van der Waals surface area contributed by atoms with Crippen LogP contribution in [0.3, 0.4) is 0 Å². The van der Waals surface area contributed by atoms with Gasteiger partial charge in [0.15, 0.2) is 0 Å². The Hall–Kier alpha value is -2.64. The fraction of sp³-hybridized carbons (Fsp3) is 0.350. The van der Waals surface area contributed by atoms with Gasteiger partial charge in [0.05, 0.1) is 16.9 Å². The van der Waals surface area contributed by atoms with Gasteiger partial charge in [-0.1, -0.05) is 16.8 Å². The lowest BCUT2D eigenvalue weighted by Gasteiger charge is -2.35. The topological polar surface area (TPSA) is 66.3 Å². The molecule has 1 amide bonds. The highest BCUT2D eigenvalue weighted by Gasteiger charge is 2.19. The Balaban J connectivity index is 1.59. The minimum Gasteiger partial charge on any atom is -0.367 e. The van der Waals surface area contributed by atoms with Crippen LogP contribution in [0, 0.1) is 0 Å². The van der Waals surface area contributed by atoms with Crippen LogP contribution in [0.25, 0.3) is 11.0 Å². The van der Waals surface area contributed by atoms with Gasteiger partial charge < -0.3 is 15.1 Å². The van der Waals surface area contributed by atoms with Crippen molar-refractivity contribution in [2.45, 2.75) is 13.5 Å². The summed E-state index contributed by atoms with van der Waals surface area (Å²) in [6.07, 6.45) is 0. The number of hydrogen-bond acceptors (Lipinski definition) is 5. The number of rotatable bonds is 4. The molecule has 2 heterocycles. The fourth-order valence-electron chi connectivity index (χ4n) is 3.47. The summed E-state index contributed by atoms with van der Waals surface area (Å²) < 4.78 is 1.81. The van der Waals surface area contributed by atoms with E-state index >= 15 is 0 Å². The van der Waals surface area contributed by atoms with Gasteiger partial charge in [-0.3, -0.25) is 4.79 Å². The Morgan fingerprint density at radius 1 is 1.14 bits per heavy atom. The molecule has 4 rings (SSSR count). The zero-order valence-electron chi connectivity index (χ0n) is 16.0. The van der Waals surface area contributed by atoms with E-state index in [2.05, 4.69) is 32.5 Å². The van der Waals surface area contributed by atoms with Gasteiger partial charge in [-0.15, -0.1) is 5.10 Å². The molecule has 0 saturated carbocycles. The molecule has 0 unspecified atom stereocenters. The second kappa shape index (κ2) is 7.77. The van der Waals surface area contributed by atoms with Gasteiger partial charge in [-0.25, -0.2) is 4.68 Å². The van der Waals surface area contributed by atoms with Crippen LogP contribution in [0.15, 0.2) is 36.4 Å². The normalized spacial score (nSPS) is 15.2. The molecule has 28 heavy (non-hydrogen) atoms. The maximum absolute atomic E-state index is 12.9. The molecular weight excluding hydrogens is 376 g/mol. The smallest absolute Gasteiger partial charge is 0.255 e. The molecule has 1 N–H and O–H groups in total. The molecule has 146 valence electrons. The third-order valence-electron chi connectivity index (χ3n) is 5.13. The van der Waals surface area contributed by atoms with Crippen LogP contribution in [0.2, 0.25) is 5.02 Å². The van der Waals surface area contributed by atoms with Crippen molar-refractivity contribution in [1.82, 2.24) is 19.9 Å². The first-order chi connectivity index (χ1) is 13.5. The fourth-order valence-corrected chi connectivity index (χ4v) is 3.65. The molecule has 0 spiro atoms. The lowest BCUT2D eigenvalue weighted by atomic mass is 10.1. The average molecular weight is 399 g/mol. The zero-order chi connectivity index (χ0) is 19.7. The number of carbonyl (C=O) groups is 1. The standard InChI is InChI=1S/C20H23ClN6O/c1-3-27-19-6-4-14(12-17(19)23-24-27)20(28)22-16-13-15(21)5-7-18(16)26-10-8-25(2)9-11-26/h4-7,12-13H,3,8-11H2,1-2H3,(H,22,28). The third-order valence-corrected chi connectivity index (χ3v) is 5.36. The van der Waals surface area contributed by atoms with E-state index in [1.165, 1.54) is 0 Å². The minimum absolute atomic E-state index is 0.189. The molecule has 0 aliphatic carbocycles. The van der Waals surface area contributed by atoms with Crippen molar-refractivity contribution in [2.24, 2.45) is 0 Å². The Morgan fingerprint density at radius 2 is 1.93 bits per heavy atom. The number of nitrogens with zero attached hydrogens (tertiary/aromatic N) is 5. The van der Waals surface area contributed by atoms with Crippen LogP contribution in [-0.2, 0) is 6.54 Å². The summed E-state index contributed by atoms with van der Waals surface area (Å²) in [5.74, 6) is -0.189. The number of benzene rings is 2. The van der Waals surface area contributed by atoms with Crippen molar-refractivity contribution in [3.63, 3.8) is 0 Å². The highest BCUT2D eigenvalue weighted by molar-refractivity contribution is 6.31. The molecule has 3 aromatic rings. The lowest BCUT2D eigenvalue weighted by Crippen LogP contribution is -2.44. The maximum Gasteiger partial charge on any atom is 0.255 e. The van der Waals surface area contributed by atoms with Crippen LogP contribution < -0.4 is 10.2 Å². The molecule has 0 radical (unpaired) electrons. The lowest BCUT2D eigenvalue weighted by molar-refractivity contribution is 0.102. The zero-order valence-corrected chi connectivity index (χ0v) is 16.8. The number of aryl methyl sites for hydroxylation is 1. The number of carbonyl (C=O) groups excluding carboxylic acids is 1. The Morgan fingerprint density at radius 3 is 2.68 bits per heavy atom. The molecule has 1 aliphatic heterocycles. The number of anilines is 2. The summed E-state index contributed by atoms with van der Waals surface area (Å²) >= 11 is 6.21. The predicted molar refractivity (Wildman–Crippen MR) is 112 cm³/mol. The molecule has 2 aromatic carbocycles. The molecule has 7 nitrogen and oxygen atoms in total. The summed E-state index contributed by atoms with van der Waals surface area (Å²) in [6, 6.07) is 11.1. The van der Waals surface area contributed by atoms with E-state index in [0.29, 0.717) is 16.1 Å². The van der Waals surface area contributed by atoms with E-state index in [1.807, 2.05) is 25.1 Å². The van der Waals surface area contributed by atoms with Crippen molar-refractivity contribution in [3.05, 3.63) is 47.0 Å². The van der Waals surface area contributed by atoms with Gasteiger partial charge in [0.1, 0.15) is 5.52 Å². The first kappa shape index (κ1) is 18.7. The molecular formula is C20H23ClN6O. The van der Waals surface area contributed by atoms with Gasteiger partial charge in [-0.05, 0) is 50.4 Å². The second-order valence-electron chi connectivity index (χ2n) is 7.01. The van der Waals surface area contributed by atoms with Gasteiger partial charge in [-0.2, -0.15) is 0 Å². The van der Waals surface area contributed by atoms with E-state index in [-0.39, 0.29) is 5.91 Å². The Kier molecular flexibility index (Phi) is 5.19. The molecule has 0 bridgehead atoms. The SMILES string of the molecule is CCn1nnc2cc(C(=O)Nc3cc(Cl)ccc3N3CCN(C)CC3)ccc21. The first-order valence-corrected chi connectivity index (χ1v) is 9.80. The van der Waals surface area contributed by atoms with Gasteiger partial charge in [0.25, 0.3) is 5.91 Å². The number of fused-ring (bicyclic) bond motifs is 1. The maximum atomic E-state index is 12.9. The Labute approximate surface area is 168 Å². The number of amides is 1. The van der Waals surface area contributed by atoms with Gasteiger partial charge in [0, 0.05) is 43.3 Å². The summed E-state index contributed by atoms with van der Waals surface area (Å²) in [5.41, 5.74) is 3.88. The second-order valence-corrected chi connectivity index (χ2v) is 7.45. The highest BCUT2D eigenvalue weighted by Crippen LogP contribution is 2.30. The molecule has 1 aliphatic rings. The molecule has 8 heteroatoms. The van der Waals surface area contributed by atoms with Gasteiger partial charge in [0.2, 0.25) is 0 Å². The first-order valence-electron chi connectivity index (χ1n) is 9.43. The Bertz CT molecular complexity index is 1010. The molecule has 1 fully saturated rings. The van der Waals surface area contributed by atoms with Crippen LogP contribution in [-0.4, -0.2) is 59.0 Å². The summed E-state index contributed by atoms with van der Waals surface area (Å²) in [4.78, 5) is 17.5. The molecule has 0 atom stereocenters. The third kappa shape index (κ3) is 3.68. The van der Waals surface area contributed by atoms with Crippen molar-refractivity contribution >= 4 is 39.9 Å². The highest BCUT2D eigenvalue weighted by atomic mass is 35.5. The van der Waals surface area contributed by atoms with Crippen LogP contribution in [0.4, 0.5) is 11.4 Å². The van der Waals surface area contributed by atoms with Crippen LogP contribution in [0.5, 0.6) is 0 Å². The van der Waals surface area contributed by atoms with Crippen LogP contribution in [0.1, 0.15) is 17.3 Å². The molecule has 1 aromatic heterocycles. The van der Waals surface area contributed by atoms with Crippen molar-refractivity contribution in [3.8, 4) is 0 Å². The van der Waals surface area contributed by atoms with E-state index in [9.17, 15) is 4.79 Å². The number of piperazine rings is 1. The number of nitrogens with one attached hydrogen (secondary N) is 1. The largest absolute Gasteiger partial charge is 0.367 e. The summed E-state index contributed by atoms with van der Waals surface area (Å²) in [5, 5.41) is 11.9. The van der Waals surface area contributed by atoms with E-state index in [1.54, 1.807) is 22.9 Å². The minimum atomic E-state index is -0.189. The van der Waals surface area contributed by atoms with E-state index in [0.717, 1.165) is 49.6 Å². The van der Waals surface area contributed by atoms with Crippen molar-refractivity contribution < 1.29 is 4.79 Å². The summed E-state index contributed by atoms with van der Waals surface area (Å²) in [7, 11) is 2.12. The number of aromatic nitrogens is 3. The van der Waals surface area contributed by atoms with E-state index in [4.69, 9.17) is 11.6 Å². The molecule has 1 saturated heterocycles. The number of halogens is 1. The monoisotopic (exact) mass is 398 g/mol. The predicted octanol–water partition coefficient (Wildman–Crippen LogP) is 3.11. The van der Waals surface area contributed by atoms with Crippen LogP contribution >= 0.6 is 11.6 Å². The van der Waals surface area contributed by atoms with Crippen molar-refractivity contribution in [2.75, 3.05) is 43.4 Å². The quantitative estimate of drug-likeness (QED) is 0.731. The number of hydrogen-bond donors (Lipinski definition) is 1. The number of likely N-dealkylation sites (N-methyl/N-ethyl adjacent to an activating group) is 1. The van der Waals surface area contributed by atoms with Gasteiger partial charge >= 0.3 is 0 Å².